The number of aliphatic carboxylic acids is 2. The number of fused-ring (bicyclic) bond motifs is 1. The predicted molar refractivity (Wildman–Crippen MR) is 46.6 cm³/mol. The zero-order valence-corrected chi connectivity index (χ0v) is 7.25. The monoisotopic (exact) mass is 198 g/mol. The second-order valence-electron chi connectivity index (χ2n) is 2.90. The van der Waals surface area contributed by atoms with Gasteiger partial charge in [-0.2, -0.15) is 0 Å². The van der Waals surface area contributed by atoms with Gasteiger partial charge < -0.3 is 10.2 Å². The van der Waals surface area contributed by atoms with Crippen molar-refractivity contribution >= 4 is 23.7 Å². The average molecular weight is 198 g/mol. The second kappa shape index (κ2) is 2.38. The van der Waals surface area contributed by atoms with E-state index >= 15 is 0 Å². The van der Waals surface area contributed by atoms with Gasteiger partial charge in [0.15, 0.2) is 0 Å². The van der Waals surface area contributed by atoms with E-state index in [-0.39, 0.29) is 10.8 Å². The summed E-state index contributed by atoms with van der Waals surface area (Å²) in [6, 6.07) is 0. The van der Waals surface area contributed by atoms with Gasteiger partial charge in [0, 0.05) is 0 Å². The van der Waals surface area contributed by atoms with Crippen LogP contribution in [0.25, 0.3) is 0 Å². The molecule has 0 aromatic carbocycles. The second-order valence-corrected chi connectivity index (χ2v) is 4.32. The van der Waals surface area contributed by atoms with Crippen LogP contribution < -0.4 is 0 Å². The Morgan fingerprint density at radius 2 is 2.15 bits per heavy atom. The van der Waals surface area contributed by atoms with Crippen LogP contribution in [0, 0.1) is 0 Å². The molecule has 68 valence electrons. The first-order valence-electron chi connectivity index (χ1n) is 3.62. The van der Waals surface area contributed by atoms with Crippen LogP contribution in [0.4, 0.5) is 0 Å². The quantitative estimate of drug-likeness (QED) is 0.632. The molecule has 1 fully saturated rings. The minimum Gasteiger partial charge on any atom is -0.480 e. The van der Waals surface area contributed by atoms with Crippen molar-refractivity contribution in [2.45, 2.75) is 10.00 Å². The lowest BCUT2D eigenvalue weighted by Gasteiger charge is -2.06. The summed E-state index contributed by atoms with van der Waals surface area (Å²) in [6.45, 7) is 0. The molecule has 0 saturated carbocycles. The highest BCUT2D eigenvalue weighted by Crippen LogP contribution is 2.57. The molecule has 2 N–H and O–H groups in total. The minimum absolute atomic E-state index is 0.173. The molecule has 5 heteroatoms. The van der Waals surface area contributed by atoms with Gasteiger partial charge in [-0.25, -0.2) is 4.79 Å². The van der Waals surface area contributed by atoms with Crippen LogP contribution in [0.1, 0.15) is 0 Å². The van der Waals surface area contributed by atoms with Crippen LogP contribution >= 0.6 is 11.8 Å². The Labute approximate surface area is 77.9 Å². The van der Waals surface area contributed by atoms with Crippen molar-refractivity contribution in [2.75, 3.05) is 0 Å². The maximum absolute atomic E-state index is 10.7. The van der Waals surface area contributed by atoms with E-state index in [9.17, 15) is 9.59 Å². The molecule has 0 aromatic rings. The van der Waals surface area contributed by atoms with E-state index in [1.165, 1.54) is 30.0 Å². The highest BCUT2D eigenvalue weighted by Gasteiger charge is 2.60. The topological polar surface area (TPSA) is 74.6 Å². The van der Waals surface area contributed by atoms with E-state index in [2.05, 4.69) is 0 Å². The van der Waals surface area contributed by atoms with Crippen LogP contribution in [-0.4, -0.2) is 32.1 Å². The zero-order chi connectivity index (χ0) is 9.64. The Morgan fingerprint density at radius 3 is 2.62 bits per heavy atom. The van der Waals surface area contributed by atoms with Gasteiger partial charge in [-0.1, -0.05) is 12.2 Å². The van der Waals surface area contributed by atoms with Crippen molar-refractivity contribution in [2.24, 2.45) is 0 Å². The van der Waals surface area contributed by atoms with E-state index in [1.807, 2.05) is 0 Å². The smallest absolute Gasteiger partial charge is 0.335 e. The summed E-state index contributed by atoms with van der Waals surface area (Å²) in [5, 5.41) is 17.2. The highest BCUT2D eigenvalue weighted by molar-refractivity contribution is 8.10. The molecule has 1 aliphatic heterocycles. The van der Waals surface area contributed by atoms with Crippen LogP contribution in [0.5, 0.6) is 0 Å². The summed E-state index contributed by atoms with van der Waals surface area (Å²) < 4.78 is -0.876. The molecule has 2 rings (SSSR count). The van der Waals surface area contributed by atoms with Crippen LogP contribution in [-0.2, 0) is 9.59 Å². The lowest BCUT2D eigenvalue weighted by atomic mass is 9.97. The summed E-state index contributed by atoms with van der Waals surface area (Å²) in [5.74, 6) is -1.91. The van der Waals surface area contributed by atoms with Crippen molar-refractivity contribution in [3.8, 4) is 0 Å². The summed E-state index contributed by atoms with van der Waals surface area (Å²) in [7, 11) is 0. The predicted octanol–water partition coefficient (Wildman–Crippen LogP) is 0.506. The van der Waals surface area contributed by atoms with Gasteiger partial charge in [0.2, 0.25) is 0 Å². The fourth-order valence-corrected chi connectivity index (χ4v) is 2.35. The molecule has 1 saturated heterocycles. The largest absolute Gasteiger partial charge is 0.480 e. The number of rotatable bonds is 2. The number of carbonyl (C=O) groups is 2. The number of carboxylic acid groups (broad SMARTS) is 2. The van der Waals surface area contributed by atoms with E-state index < -0.39 is 16.7 Å². The SMILES string of the molecule is O=C(O)C1=CC2SC2(C(=O)O)C=C1. The van der Waals surface area contributed by atoms with Crippen molar-refractivity contribution in [3.05, 3.63) is 23.8 Å². The first-order chi connectivity index (χ1) is 6.06. The lowest BCUT2D eigenvalue weighted by molar-refractivity contribution is -0.137. The Hall–Kier alpha value is -1.23. The Bertz CT molecular complexity index is 357. The standard InChI is InChI=1S/C8H6O4S/c9-6(10)4-1-2-8(7(11)12)5(3-4)13-8/h1-3,5H,(H,9,10)(H,11,12). The van der Waals surface area contributed by atoms with Gasteiger partial charge in [-0.3, -0.25) is 4.79 Å². The number of hydrogen-bond acceptors (Lipinski definition) is 3. The van der Waals surface area contributed by atoms with Gasteiger partial charge in [-0.15, -0.1) is 11.8 Å². The molecule has 2 aliphatic rings. The fraction of sp³-hybridized carbons (Fsp3) is 0.250. The summed E-state index contributed by atoms with van der Waals surface area (Å²) in [6.07, 6.45) is 4.29. The van der Waals surface area contributed by atoms with Crippen LogP contribution in [0.15, 0.2) is 23.8 Å². The number of carboxylic acids is 2. The molecule has 0 spiro atoms. The number of thioether (sulfide) groups is 1. The molecule has 0 radical (unpaired) electrons. The van der Waals surface area contributed by atoms with E-state index in [4.69, 9.17) is 10.2 Å². The Balaban J connectivity index is 2.26. The molecule has 1 heterocycles. The Kier molecular flexibility index (Phi) is 1.53. The lowest BCUT2D eigenvalue weighted by Crippen LogP contribution is -2.25. The molecular formula is C8H6O4S. The molecule has 2 unspecified atom stereocenters. The fourth-order valence-electron chi connectivity index (χ4n) is 1.29. The minimum atomic E-state index is -1.01. The first-order valence-corrected chi connectivity index (χ1v) is 4.50. The third-order valence-electron chi connectivity index (χ3n) is 2.11. The van der Waals surface area contributed by atoms with Gasteiger partial charge in [0.25, 0.3) is 0 Å². The summed E-state index contributed by atoms with van der Waals surface area (Å²) >= 11 is 1.25. The van der Waals surface area contributed by atoms with E-state index in [0.29, 0.717) is 0 Å². The highest BCUT2D eigenvalue weighted by atomic mass is 32.2. The summed E-state index contributed by atoms with van der Waals surface area (Å²) in [5.41, 5.74) is 0.173. The molecule has 0 amide bonds. The first kappa shape index (κ1) is 8.37. The normalized spacial score (nSPS) is 34.8. The zero-order valence-electron chi connectivity index (χ0n) is 6.43. The average Bonchev–Trinajstić information content (AvgIpc) is 2.77. The van der Waals surface area contributed by atoms with Crippen LogP contribution in [0.3, 0.4) is 0 Å². The van der Waals surface area contributed by atoms with E-state index in [0.717, 1.165) is 0 Å². The van der Waals surface area contributed by atoms with Gasteiger partial charge in [0.1, 0.15) is 4.75 Å². The maximum Gasteiger partial charge on any atom is 0.335 e. The third-order valence-corrected chi connectivity index (χ3v) is 3.57. The molecule has 1 aliphatic carbocycles. The number of hydrogen-bond donors (Lipinski definition) is 2. The van der Waals surface area contributed by atoms with Crippen molar-refractivity contribution < 1.29 is 19.8 Å². The molecule has 0 bridgehead atoms. The van der Waals surface area contributed by atoms with Crippen molar-refractivity contribution in [3.63, 3.8) is 0 Å². The molecular weight excluding hydrogens is 192 g/mol. The van der Waals surface area contributed by atoms with Crippen molar-refractivity contribution in [1.29, 1.82) is 0 Å². The molecule has 2 atom stereocenters. The molecule has 0 aromatic heterocycles. The van der Waals surface area contributed by atoms with Gasteiger partial charge in [0.05, 0.1) is 10.8 Å². The van der Waals surface area contributed by atoms with Gasteiger partial charge in [-0.05, 0) is 6.08 Å². The Morgan fingerprint density at radius 1 is 1.46 bits per heavy atom. The molecule has 13 heavy (non-hydrogen) atoms. The molecule has 4 nitrogen and oxygen atoms in total. The third kappa shape index (κ3) is 1.07. The maximum atomic E-state index is 10.7. The van der Waals surface area contributed by atoms with Gasteiger partial charge >= 0.3 is 11.9 Å². The summed E-state index contributed by atoms with van der Waals surface area (Å²) in [4.78, 5) is 21.3. The van der Waals surface area contributed by atoms with E-state index in [1.54, 1.807) is 0 Å². The van der Waals surface area contributed by atoms with Crippen LogP contribution in [0.2, 0.25) is 0 Å². The van der Waals surface area contributed by atoms with Crippen molar-refractivity contribution in [1.82, 2.24) is 0 Å².